The summed E-state index contributed by atoms with van der Waals surface area (Å²) in [5.74, 6) is 0. The topological polar surface area (TPSA) is 62.3 Å². The number of nitrogens with one attached hydrogen (secondary N) is 1. The van der Waals surface area contributed by atoms with E-state index < -0.39 is 10.0 Å². The van der Waals surface area contributed by atoms with Crippen LogP contribution in [0.15, 0.2) is 23.2 Å². The average Bonchev–Trinajstić information content (AvgIpc) is 2.24. The maximum absolute atomic E-state index is 11.8. The van der Waals surface area contributed by atoms with Gasteiger partial charge in [0.25, 0.3) is 0 Å². The second-order valence-corrected chi connectivity index (χ2v) is 6.02. The molecule has 1 N–H and O–H groups in total. The van der Waals surface area contributed by atoms with Gasteiger partial charge < -0.3 is 4.90 Å². The third-order valence-corrected chi connectivity index (χ3v) is 3.75. The molecule has 0 fully saturated rings. The zero-order valence-electron chi connectivity index (χ0n) is 9.85. The van der Waals surface area contributed by atoms with Gasteiger partial charge in [-0.05, 0) is 39.2 Å². The van der Waals surface area contributed by atoms with Crippen LogP contribution < -0.4 is 4.72 Å². The first kappa shape index (κ1) is 14.4. The van der Waals surface area contributed by atoms with Crippen molar-refractivity contribution in [3.63, 3.8) is 0 Å². The average molecular weight is 278 g/mol. The summed E-state index contributed by atoms with van der Waals surface area (Å²) in [4.78, 5) is 5.88. The van der Waals surface area contributed by atoms with E-state index in [-0.39, 0.29) is 10.0 Å². The molecule has 0 atom stereocenters. The highest BCUT2D eigenvalue weighted by Crippen LogP contribution is 2.12. The van der Waals surface area contributed by atoms with E-state index in [0.717, 1.165) is 13.0 Å². The van der Waals surface area contributed by atoms with Crippen LogP contribution in [0.3, 0.4) is 0 Å². The minimum atomic E-state index is -3.47. The standard InChI is InChI=1S/C10H16ClN3O2S/c1-14(2)7-3-5-13-17(15,16)9-4-6-12-10(11)8-9/h4,6,8,13H,3,5,7H2,1-2H3. The summed E-state index contributed by atoms with van der Waals surface area (Å²) in [5.41, 5.74) is 0. The summed E-state index contributed by atoms with van der Waals surface area (Å²) < 4.78 is 26.2. The molecule has 0 aromatic carbocycles. The zero-order valence-corrected chi connectivity index (χ0v) is 11.4. The van der Waals surface area contributed by atoms with Gasteiger partial charge in [-0.2, -0.15) is 0 Å². The Morgan fingerprint density at radius 2 is 2.18 bits per heavy atom. The molecule has 0 bridgehead atoms. The fourth-order valence-electron chi connectivity index (χ4n) is 1.24. The third kappa shape index (κ3) is 4.99. The van der Waals surface area contributed by atoms with Gasteiger partial charge in [0.15, 0.2) is 0 Å². The highest BCUT2D eigenvalue weighted by atomic mass is 35.5. The van der Waals surface area contributed by atoms with Crippen molar-refractivity contribution < 1.29 is 8.42 Å². The van der Waals surface area contributed by atoms with Crippen LogP contribution in [-0.2, 0) is 10.0 Å². The summed E-state index contributed by atoms with van der Waals surface area (Å²) >= 11 is 5.64. The molecule has 1 aromatic heterocycles. The molecule has 1 aromatic rings. The molecule has 0 saturated carbocycles. The number of pyridine rings is 1. The highest BCUT2D eigenvalue weighted by Gasteiger charge is 2.13. The molecule has 0 aliphatic heterocycles. The van der Waals surface area contributed by atoms with Crippen molar-refractivity contribution in [2.75, 3.05) is 27.2 Å². The maximum Gasteiger partial charge on any atom is 0.240 e. The fourth-order valence-corrected chi connectivity index (χ4v) is 2.56. The van der Waals surface area contributed by atoms with Crippen molar-refractivity contribution in [1.29, 1.82) is 0 Å². The summed E-state index contributed by atoms with van der Waals surface area (Å²) in [6.45, 7) is 1.24. The Kier molecular flexibility index (Phi) is 5.32. The van der Waals surface area contributed by atoms with Crippen LogP contribution in [0.5, 0.6) is 0 Å². The van der Waals surface area contributed by atoms with E-state index in [4.69, 9.17) is 11.6 Å². The van der Waals surface area contributed by atoms with E-state index in [1.165, 1.54) is 18.3 Å². The highest BCUT2D eigenvalue weighted by molar-refractivity contribution is 7.89. The lowest BCUT2D eigenvalue weighted by Gasteiger charge is -2.10. The van der Waals surface area contributed by atoms with Gasteiger partial charge >= 0.3 is 0 Å². The van der Waals surface area contributed by atoms with E-state index in [2.05, 4.69) is 9.71 Å². The fraction of sp³-hybridized carbons (Fsp3) is 0.500. The van der Waals surface area contributed by atoms with Crippen molar-refractivity contribution >= 4 is 21.6 Å². The van der Waals surface area contributed by atoms with Gasteiger partial charge in [-0.15, -0.1) is 0 Å². The van der Waals surface area contributed by atoms with Gasteiger partial charge in [0.2, 0.25) is 10.0 Å². The van der Waals surface area contributed by atoms with Gasteiger partial charge in [0, 0.05) is 12.7 Å². The Morgan fingerprint density at radius 3 is 2.76 bits per heavy atom. The van der Waals surface area contributed by atoms with Gasteiger partial charge in [-0.3, -0.25) is 0 Å². The molecule has 0 amide bonds. The Morgan fingerprint density at radius 1 is 1.47 bits per heavy atom. The quantitative estimate of drug-likeness (QED) is 0.622. The van der Waals surface area contributed by atoms with Crippen LogP contribution in [0.1, 0.15) is 6.42 Å². The third-order valence-electron chi connectivity index (χ3n) is 2.08. The molecular formula is C10H16ClN3O2S. The normalized spacial score (nSPS) is 12.0. The van der Waals surface area contributed by atoms with E-state index in [1.54, 1.807) is 0 Å². The second-order valence-electron chi connectivity index (χ2n) is 3.87. The van der Waals surface area contributed by atoms with Gasteiger partial charge in [-0.25, -0.2) is 18.1 Å². The number of halogens is 1. The summed E-state index contributed by atoms with van der Waals surface area (Å²) in [7, 11) is 0.410. The number of hydrogen-bond donors (Lipinski definition) is 1. The molecule has 96 valence electrons. The monoisotopic (exact) mass is 277 g/mol. The molecule has 1 rings (SSSR count). The lowest BCUT2D eigenvalue weighted by molar-refractivity contribution is 0.400. The van der Waals surface area contributed by atoms with Crippen molar-refractivity contribution in [2.45, 2.75) is 11.3 Å². The van der Waals surface area contributed by atoms with Crippen molar-refractivity contribution in [3.8, 4) is 0 Å². The molecule has 17 heavy (non-hydrogen) atoms. The van der Waals surface area contributed by atoms with Crippen LogP contribution in [0.25, 0.3) is 0 Å². The van der Waals surface area contributed by atoms with Crippen LogP contribution >= 0.6 is 11.6 Å². The van der Waals surface area contributed by atoms with Crippen molar-refractivity contribution in [3.05, 3.63) is 23.5 Å². The van der Waals surface area contributed by atoms with Gasteiger partial charge in [0.05, 0.1) is 4.90 Å². The van der Waals surface area contributed by atoms with Crippen molar-refractivity contribution in [1.82, 2.24) is 14.6 Å². The van der Waals surface area contributed by atoms with Crippen LogP contribution in [-0.4, -0.2) is 45.5 Å². The SMILES string of the molecule is CN(C)CCCNS(=O)(=O)c1ccnc(Cl)c1. The Bertz CT molecular complexity index is 462. The molecule has 0 aliphatic rings. The van der Waals surface area contributed by atoms with E-state index in [9.17, 15) is 8.42 Å². The predicted octanol–water partition coefficient (Wildman–Crippen LogP) is 0.965. The van der Waals surface area contributed by atoms with Gasteiger partial charge in [-0.1, -0.05) is 11.6 Å². The largest absolute Gasteiger partial charge is 0.309 e. The van der Waals surface area contributed by atoms with Crippen LogP contribution in [0.4, 0.5) is 0 Å². The molecule has 0 unspecified atom stereocenters. The molecular weight excluding hydrogens is 262 g/mol. The first-order chi connectivity index (χ1) is 7.92. The van der Waals surface area contributed by atoms with E-state index in [0.29, 0.717) is 6.54 Å². The second kappa shape index (κ2) is 6.30. The Balaban J connectivity index is 2.57. The number of rotatable bonds is 6. The smallest absolute Gasteiger partial charge is 0.240 e. The van der Waals surface area contributed by atoms with Gasteiger partial charge in [0.1, 0.15) is 5.15 Å². The molecule has 7 heteroatoms. The van der Waals surface area contributed by atoms with E-state index in [1.807, 2.05) is 19.0 Å². The predicted molar refractivity (Wildman–Crippen MR) is 67.6 cm³/mol. The van der Waals surface area contributed by atoms with Crippen LogP contribution in [0, 0.1) is 0 Å². The Labute approximate surface area is 107 Å². The lowest BCUT2D eigenvalue weighted by atomic mass is 10.4. The number of hydrogen-bond acceptors (Lipinski definition) is 4. The minimum Gasteiger partial charge on any atom is -0.309 e. The lowest BCUT2D eigenvalue weighted by Crippen LogP contribution is -2.27. The molecule has 0 radical (unpaired) electrons. The number of nitrogens with zero attached hydrogens (tertiary/aromatic N) is 2. The molecule has 0 saturated heterocycles. The first-order valence-corrected chi connectivity index (χ1v) is 7.04. The number of aromatic nitrogens is 1. The van der Waals surface area contributed by atoms with Crippen LogP contribution in [0.2, 0.25) is 5.15 Å². The Hall–Kier alpha value is -0.690. The molecule has 0 aliphatic carbocycles. The first-order valence-electron chi connectivity index (χ1n) is 5.18. The minimum absolute atomic E-state index is 0.141. The molecule has 1 heterocycles. The maximum atomic E-state index is 11.8. The summed E-state index contributed by atoms with van der Waals surface area (Å²) in [5, 5.41) is 0.168. The zero-order chi connectivity index (χ0) is 12.9. The van der Waals surface area contributed by atoms with E-state index >= 15 is 0 Å². The molecule has 5 nitrogen and oxygen atoms in total. The van der Waals surface area contributed by atoms with Crippen molar-refractivity contribution in [2.24, 2.45) is 0 Å². The molecule has 0 spiro atoms. The summed E-state index contributed by atoms with van der Waals surface area (Å²) in [6, 6.07) is 2.75. The number of sulfonamides is 1. The summed E-state index contributed by atoms with van der Waals surface area (Å²) in [6.07, 6.45) is 2.13.